The third kappa shape index (κ3) is 3.42. The number of nitro benzene ring substituents is 1. The standard InChI is InChI=1S/C29H16ClN3O4S/c30-19-10-5-17(6-11-19)23-15-38-29-31-27-25(28(34)32(23)29)24(18-7-12-20(13-8-18)33(35)36)22-14-9-16-3-1-2-4-21(16)26(22)37-27/h1-15,24H. The minimum absolute atomic E-state index is 0.0204. The minimum atomic E-state index is -0.533. The number of ether oxygens (including phenoxy) is 1. The summed E-state index contributed by atoms with van der Waals surface area (Å²) in [5.41, 5.74) is 3.18. The van der Waals surface area contributed by atoms with E-state index in [2.05, 4.69) is 0 Å². The van der Waals surface area contributed by atoms with Crippen molar-refractivity contribution in [2.75, 3.05) is 0 Å². The van der Waals surface area contributed by atoms with Crippen LogP contribution < -0.4 is 10.3 Å². The highest BCUT2D eigenvalue weighted by Gasteiger charge is 2.35. The highest BCUT2D eigenvalue weighted by Crippen LogP contribution is 2.48. The lowest BCUT2D eigenvalue weighted by Crippen LogP contribution is -2.26. The molecule has 3 heterocycles. The van der Waals surface area contributed by atoms with Gasteiger partial charge in [0.15, 0.2) is 4.96 Å². The second kappa shape index (κ2) is 8.51. The number of hydrogen-bond acceptors (Lipinski definition) is 6. The van der Waals surface area contributed by atoms with E-state index in [-0.39, 0.29) is 17.1 Å². The Morgan fingerprint density at radius 2 is 1.74 bits per heavy atom. The zero-order valence-electron chi connectivity index (χ0n) is 19.5. The van der Waals surface area contributed by atoms with Crippen LogP contribution in [0.2, 0.25) is 5.02 Å². The lowest BCUT2D eigenvalue weighted by molar-refractivity contribution is -0.384. The number of rotatable bonds is 3. The summed E-state index contributed by atoms with van der Waals surface area (Å²) >= 11 is 7.44. The van der Waals surface area contributed by atoms with Crippen LogP contribution in [0.1, 0.15) is 22.6 Å². The Balaban J connectivity index is 1.52. The summed E-state index contributed by atoms with van der Waals surface area (Å²) in [7, 11) is 0. The fraction of sp³-hybridized carbons (Fsp3) is 0.0345. The number of nitrogens with zero attached hydrogens (tertiary/aromatic N) is 3. The largest absolute Gasteiger partial charge is 0.437 e. The molecule has 1 aliphatic heterocycles. The molecule has 0 bridgehead atoms. The summed E-state index contributed by atoms with van der Waals surface area (Å²) in [6.07, 6.45) is 0. The van der Waals surface area contributed by atoms with Gasteiger partial charge in [0.2, 0.25) is 5.88 Å². The first-order valence-corrected chi connectivity index (χ1v) is 13.0. The number of benzene rings is 4. The van der Waals surface area contributed by atoms with Crippen molar-refractivity contribution in [3.05, 3.63) is 132 Å². The fourth-order valence-corrected chi connectivity index (χ4v) is 6.09. The molecule has 1 atom stereocenters. The molecule has 0 N–H and O–H groups in total. The topological polar surface area (TPSA) is 86.7 Å². The smallest absolute Gasteiger partial charge is 0.269 e. The van der Waals surface area contributed by atoms with Crippen molar-refractivity contribution >= 4 is 44.4 Å². The van der Waals surface area contributed by atoms with E-state index in [1.807, 2.05) is 53.9 Å². The molecule has 7 nitrogen and oxygen atoms in total. The van der Waals surface area contributed by atoms with E-state index >= 15 is 0 Å². The Morgan fingerprint density at radius 3 is 2.50 bits per heavy atom. The van der Waals surface area contributed by atoms with Crippen molar-refractivity contribution in [2.45, 2.75) is 5.92 Å². The summed E-state index contributed by atoms with van der Waals surface area (Å²) in [5, 5.41) is 15.7. The van der Waals surface area contributed by atoms with Crippen LogP contribution in [-0.2, 0) is 0 Å². The summed E-state index contributed by atoms with van der Waals surface area (Å²) in [4.78, 5) is 30.4. The Kier molecular flexibility index (Phi) is 5.07. The molecular formula is C29H16ClN3O4S. The van der Waals surface area contributed by atoms with E-state index in [0.29, 0.717) is 27.0 Å². The van der Waals surface area contributed by atoms with Gasteiger partial charge in [-0.05, 0) is 28.6 Å². The number of fused-ring (bicyclic) bond motifs is 5. The van der Waals surface area contributed by atoms with Crippen molar-refractivity contribution in [2.24, 2.45) is 0 Å². The van der Waals surface area contributed by atoms with Gasteiger partial charge in [-0.2, -0.15) is 4.98 Å². The number of thiazole rings is 1. The van der Waals surface area contributed by atoms with Gasteiger partial charge in [0, 0.05) is 39.4 Å². The normalized spacial score (nSPS) is 14.2. The summed E-state index contributed by atoms with van der Waals surface area (Å²) < 4.78 is 7.98. The molecule has 0 radical (unpaired) electrons. The lowest BCUT2D eigenvalue weighted by Gasteiger charge is -2.28. The van der Waals surface area contributed by atoms with Crippen molar-refractivity contribution < 1.29 is 9.66 Å². The van der Waals surface area contributed by atoms with E-state index in [0.717, 1.165) is 27.5 Å². The highest BCUT2D eigenvalue weighted by molar-refractivity contribution is 7.15. The van der Waals surface area contributed by atoms with Gasteiger partial charge >= 0.3 is 0 Å². The van der Waals surface area contributed by atoms with Crippen LogP contribution >= 0.6 is 22.9 Å². The quantitative estimate of drug-likeness (QED) is 0.173. The van der Waals surface area contributed by atoms with Crippen LogP contribution in [0.25, 0.3) is 27.0 Å². The first kappa shape index (κ1) is 22.7. The predicted molar refractivity (Wildman–Crippen MR) is 148 cm³/mol. The monoisotopic (exact) mass is 537 g/mol. The summed E-state index contributed by atoms with van der Waals surface area (Å²) in [6.45, 7) is 0. The SMILES string of the molecule is O=c1c2c(nc3scc(-c4ccc(Cl)cc4)n13)Oc1c(ccc3ccccc13)C2c1ccc([N+](=O)[O-])cc1. The van der Waals surface area contributed by atoms with Crippen LogP contribution in [0.4, 0.5) is 5.69 Å². The van der Waals surface area contributed by atoms with E-state index in [1.165, 1.54) is 23.5 Å². The number of nitro groups is 1. The maximum Gasteiger partial charge on any atom is 0.269 e. The van der Waals surface area contributed by atoms with E-state index < -0.39 is 10.8 Å². The molecule has 184 valence electrons. The second-order valence-electron chi connectivity index (χ2n) is 8.97. The van der Waals surface area contributed by atoms with Crippen molar-refractivity contribution in [1.82, 2.24) is 9.38 Å². The van der Waals surface area contributed by atoms with Crippen LogP contribution in [0.3, 0.4) is 0 Å². The first-order chi connectivity index (χ1) is 18.5. The van der Waals surface area contributed by atoms with Gasteiger partial charge in [0.25, 0.3) is 11.2 Å². The van der Waals surface area contributed by atoms with Crippen LogP contribution in [0.15, 0.2) is 95.1 Å². The van der Waals surface area contributed by atoms with Crippen molar-refractivity contribution in [3.63, 3.8) is 0 Å². The molecular weight excluding hydrogens is 522 g/mol. The molecule has 0 saturated carbocycles. The average molecular weight is 538 g/mol. The Hall–Kier alpha value is -4.53. The molecule has 7 rings (SSSR count). The molecule has 2 aromatic heterocycles. The second-order valence-corrected chi connectivity index (χ2v) is 10.2. The molecule has 6 aromatic rings. The molecule has 0 fully saturated rings. The zero-order valence-corrected chi connectivity index (χ0v) is 21.1. The van der Waals surface area contributed by atoms with Gasteiger partial charge in [0.1, 0.15) is 5.75 Å². The van der Waals surface area contributed by atoms with Crippen LogP contribution in [0.5, 0.6) is 11.6 Å². The highest BCUT2D eigenvalue weighted by atomic mass is 35.5. The molecule has 0 spiro atoms. The Morgan fingerprint density at radius 1 is 0.974 bits per heavy atom. The molecule has 38 heavy (non-hydrogen) atoms. The van der Waals surface area contributed by atoms with Gasteiger partial charge in [-0.25, -0.2) is 0 Å². The molecule has 1 unspecified atom stereocenters. The van der Waals surface area contributed by atoms with Crippen LogP contribution in [-0.4, -0.2) is 14.3 Å². The van der Waals surface area contributed by atoms with Crippen molar-refractivity contribution in [3.8, 4) is 22.9 Å². The molecule has 1 aliphatic rings. The van der Waals surface area contributed by atoms with E-state index in [4.69, 9.17) is 21.3 Å². The number of hydrogen-bond donors (Lipinski definition) is 0. The van der Waals surface area contributed by atoms with E-state index in [9.17, 15) is 14.9 Å². The minimum Gasteiger partial charge on any atom is -0.437 e. The molecule has 9 heteroatoms. The Bertz CT molecular complexity index is 1960. The number of aromatic nitrogens is 2. The van der Waals surface area contributed by atoms with Crippen LogP contribution in [0, 0.1) is 10.1 Å². The third-order valence-electron chi connectivity index (χ3n) is 6.85. The molecule has 4 aromatic carbocycles. The van der Waals surface area contributed by atoms with Crippen molar-refractivity contribution in [1.29, 1.82) is 0 Å². The fourth-order valence-electron chi connectivity index (χ4n) is 5.08. The molecule has 0 amide bonds. The van der Waals surface area contributed by atoms with E-state index in [1.54, 1.807) is 28.7 Å². The van der Waals surface area contributed by atoms with Gasteiger partial charge in [-0.3, -0.25) is 19.3 Å². The maximum absolute atomic E-state index is 14.2. The van der Waals surface area contributed by atoms with Gasteiger partial charge in [-0.15, -0.1) is 11.3 Å². The average Bonchev–Trinajstić information content (AvgIpc) is 3.36. The van der Waals surface area contributed by atoms with Gasteiger partial charge < -0.3 is 4.74 Å². The summed E-state index contributed by atoms with van der Waals surface area (Å²) in [5.74, 6) is 0.338. The van der Waals surface area contributed by atoms with Gasteiger partial charge in [0.05, 0.1) is 16.2 Å². The predicted octanol–water partition coefficient (Wildman–Crippen LogP) is 7.42. The maximum atomic E-state index is 14.2. The molecule has 0 saturated heterocycles. The van der Waals surface area contributed by atoms with Gasteiger partial charge in [-0.1, -0.05) is 72.3 Å². The zero-order chi connectivity index (χ0) is 26.0. The Labute approximate surface area is 224 Å². The number of non-ortho nitro benzene ring substituents is 1. The third-order valence-corrected chi connectivity index (χ3v) is 7.93. The summed E-state index contributed by atoms with van der Waals surface area (Å²) in [6, 6.07) is 25.4. The number of halogens is 1. The molecule has 0 aliphatic carbocycles. The first-order valence-electron chi connectivity index (χ1n) is 11.7. The lowest BCUT2D eigenvalue weighted by atomic mass is 9.83.